The number of aliphatic hydroxyl groups excluding tert-OH is 1. The van der Waals surface area contributed by atoms with Crippen molar-refractivity contribution in [1.29, 1.82) is 0 Å². The van der Waals surface area contributed by atoms with Gasteiger partial charge in [0.1, 0.15) is 0 Å². The van der Waals surface area contributed by atoms with Crippen molar-refractivity contribution >= 4 is 5.91 Å². The predicted octanol–water partition coefficient (Wildman–Crippen LogP) is 0.984. The van der Waals surface area contributed by atoms with Crippen molar-refractivity contribution < 1.29 is 9.90 Å². The van der Waals surface area contributed by atoms with Gasteiger partial charge in [-0.1, -0.05) is 12.2 Å². The van der Waals surface area contributed by atoms with Gasteiger partial charge in [0, 0.05) is 19.1 Å². The number of nitrogens with one attached hydrogen (secondary N) is 1. The summed E-state index contributed by atoms with van der Waals surface area (Å²) in [6.07, 6.45) is 8.32. The van der Waals surface area contributed by atoms with Gasteiger partial charge in [0.25, 0.3) is 0 Å². The molecule has 0 saturated heterocycles. The van der Waals surface area contributed by atoms with E-state index in [1.54, 1.807) is 0 Å². The minimum absolute atomic E-state index is 0.0642. The average Bonchev–Trinajstić information content (AvgIpc) is 2.16. The Labute approximate surface area is 78.8 Å². The van der Waals surface area contributed by atoms with E-state index in [0.717, 1.165) is 19.3 Å². The third-order valence-electron chi connectivity index (χ3n) is 2.20. The molecule has 2 N–H and O–H groups in total. The van der Waals surface area contributed by atoms with E-state index in [-0.39, 0.29) is 12.5 Å². The molecule has 0 radical (unpaired) electrons. The lowest BCUT2D eigenvalue weighted by molar-refractivity contribution is -0.122. The number of aliphatic hydroxyl groups is 1. The largest absolute Gasteiger partial charge is 0.396 e. The molecular weight excluding hydrogens is 166 g/mol. The number of carbonyl (C=O) groups excluding carboxylic acids is 1. The highest BCUT2D eigenvalue weighted by molar-refractivity contribution is 5.76. The summed E-state index contributed by atoms with van der Waals surface area (Å²) in [5.74, 6) is 0.0642. The number of amides is 1. The predicted molar refractivity (Wildman–Crippen MR) is 51.2 cm³/mol. The smallest absolute Gasteiger partial charge is 0.220 e. The molecule has 0 fully saturated rings. The molecular formula is C10H17NO2. The van der Waals surface area contributed by atoms with E-state index in [2.05, 4.69) is 17.5 Å². The minimum Gasteiger partial charge on any atom is -0.396 e. The van der Waals surface area contributed by atoms with Gasteiger partial charge in [0.05, 0.1) is 0 Å². The Kier molecular flexibility index (Phi) is 4.54. The zero-order chi connectivity index (χ0) is 9.52. The molecule has 0 spiro atoms. The second kappa shape index (κ2) is 5.75. The van der Waals surface area contributed by atoms with Crippen LogP contribution < -0.4 is 5.32 Å². The molecule has 0 aliphatic heterocycles. The summed E-state index contributed by atoms with van der Waals surface area (Å²) in [5.41, 5.74) is 0. The molecule has 3 heteroatoms. The van der Waals surface area contributed by atoms with Gasteiger partial charge in [-0.25, -0.2) is 0 Å². The van der Waals surface area contributed by atoms with E-state index in [0.29, 0.717) is 18.9 Å². The molecule has 3 nitrogen and oxygen atoms in total. The standard InChI is InChI=1S/C10H17NO2/c12-8-4-7-10(13)11-9-5-2-1-3-6-9/h1-2,9,12H,3-8H2,(H,11,13). The average molecular weight is 183 g/mol. The molecule has 0 aromatic rings. The van der Waals surface area contributed by atoms with E-state index in [4.69, 9.17) is 5.11 Å². The number of hydrogen-bond acceptors (Lipinski definition) is 2. The van der Waals surface area contributed by atoms with Crippen molar-refractivity contribution in [2.24, 2.45) is 0 Å². The number of hydrogen-bond donors (Lipinski definition) is 2. The molecule has 1 aliphatic rings. The summed E-state index contributed by atoms with van der Waals surface area (Å²) < 4.78 is 0. The maximum atomic E-state index is 11.2. The van der Waals surface area contributed by atoms with Crippen molar-refractivity contribution in [3.8, 4) is 0 Å². The monoisotopic (exact) mass is 183 g/mol. The molecule has 1 atom stereocenters. The Balaban J connectivity index is 2.15. The van der Waals surface area contributed by atoms with E-state index >= 15 is 0 Å². The molecule has 1 rings (SSSR count). The molecule has 13 heavy (non-hydrogen) atoms. The first-order chi connectivity index (χ1) is 6.33. The van der Waals surface area contributed by atoms with Crippen molar-refractivity contribution in [2.75, 3.05) is 6.61 Å². The lowest BCUT2D eigenvalue weighted by Gasteiger charge is -2.19. The first kappa shape index (κ1) is 10.3. The van der Waals surface area contributed by atoms with Gasteiger partial charge >= 0.3 is 0 Å². The van der Waals surface area contributed by atoms with Crippen LogP contribution in [0.25, 0.3) is 0 Å². The lowest BCUT2D eigenvalue weighted by atomic mass is 10.0. The SMILES string of the molecule is O=C(CCCO)NC1CC=CCC1. The summed E-state index contributed by atoms with van der Waals surface area (Å²) in [4.78, 5) is 11.2. The van der Waals surface area contributed by atoms with Gasteiger partial charge in [-0.15, -0.1) is 0 Å². The molecule has 1 aliphatic carbocycles. The van der Waals surface area contributed by atoms with Gasteiger partial charge in [-0.05, 0) is 25.7 Å². The quantitative estimate of drug-likeness (QED) is 0.638. The maximum Gasteiger partial charge on any atom is 0.220 e. The first-order valence-corrected chi connectivity index (χ1v) is 4.88. The third kappa shape index (κ3) is 4.08. The van der Waals surface area contributed by atoms with Crippen LogP contribution in [0, 0.1) is 0 Å². The highest BCUT2D eigenvalue weighted by atomic mass is 16.3. The zero-order valence-corrected chi connectivity index (χ0v) is 7.83. The normalized spacial score (nSPS) is 21.5. The van der Waals surface area contributed by atoms with Crippen LogP contribution in [0.3, 0.4) is 0 Å². The second-order valence-electron chi connectivity index (χ2n) is 3.38. The second-order valence-corrected chi connectivity index (χ2v) is 3.38. The van der Waals surface area contributed by atoms with Crippen LogP contribution in [0.1, 0.15) is 32.1 Å². The third-order valence-corrected chi connectivity index (χ3v) is 2.20. The van der Waals surface area contributed by atoms with E-state index in [1.807, 2.05) is 0 Å². The Morgan fingerprint density at radius 1 is 1.54 bits per heavy atom. The molecule has 0 aromatic heterocycles. The summed E-state index contributed by atoms with van der Waals surface area (Å²) >= 11 is 0. The lowest BCUT2D eigenvalue weighted by Crippen LogP contribution is -2.35. The van der Waals surface area contributed by atoms with Crippen LogP contribution in [-0.4, -0.2) is 23.7 Å². The van der Waals surface area contributed by atoms with Gasteiger partial charge in [-0.2, -0.15) is 0 Å². The molecule has 0 saturated carbocycles. The Hall–Kier alpha value is -0.830. The van der Waals surface area contributed by atoms with Crippen molar-refractivity contribution in [2.45, 2.75) is 38.1 Å². The molecule has 1 amide bonds. The fourth-order valence-corrected chi connectivity index (χ4v) is 1.46. The van der Waals surface area contributed by atoms with Gasteiger partial charge in [-0.3, -0.25) is 4.79 Å². The van der Waals surface area contributed by atoms with Crippen molar-refractivity contribution in [3.05, 3.63) is 12.2 Å². The van der Waals surface area contributed by atoms with Gasteiger partial charge < -0.3 is 10.4 Å². The molecule has 0 bridgehead atoms. The zero-order valence-electron chi connectivity index (χ0n) is 7.83. The van der Waals surface area contributed by atoms with E-state index in [9.17, 15) is 4.79 Å². The topological polar surface area (TPSA) is 49.3 Å². The number of rotatable bonds is 4. The number of allylic oxidation sites excluding steroid dienone is 1. The van der Waals surface area contributed by atoms with Crippen molar-refractivity contribution in [1.82, 2.24) is 5.32 Å². The van der Waals surface area contributed by atoms with Gasteiger partial charge in [0.15, 0.2) is 0 Å². The molecule has 0 aromatic carbocycles. The Bertz CT molecular complexity index is 189. The molecule has 0 heterocycles. The molecule has 1 unspecified atom stereocenters. The fourth-order valence-electron chi connectivity index (χ4n) is 1.46. The van der Waals surface area contributed by atoms with E-state index in [1.165, 1.54) is 0 Å². The summed E-state index contributed by atoms with van der Waals surface area (Å²) in [6.45, 7) is 0.0952. The maximum absolute atomic E-state index is 11.2. The highest BCUT2D eigenvalue weighted by Gasteiger charge is 2.11. The minimum atomic E-state index is 0.0642. The van der Waals surface area contributed by atoms with E-state index < -0.39 is 0 Å². The highest BCUT2D eigenvalue weighted by Crippen LogP contribution is 2.10. The Morgan fingerprint density at radius 2 is 2.38 bits per heavy atom. The van der Waals surface area contributed by atoms with Crippen LogP contribution in [0.4, 0.5) is 0 Å². The van der Waals surface area contributed by atoms with Crippen LogP contribution in [-0.2, 0) is 4.79 Å². The fraction of sp³-hybridized carbons (Fsp3) is 0.700. The van der Waals surface area contributed by atoms with Crippen LogP contribution >= 0.6 is 0 Å². The van der Waals surface area contributed by atoms with Crippen molar-refractivity contribution in [3.63, 3.8) is 0 Å². The first-order valence-electron chi connectivity index (χ1n) is 4.88. The number of carbonyl (C=O) groups is 1. The summed E-state index contributed by atoms with van der Waals surface area (Å²) in [6, 6.07) is 0.316. The van der Waals surface area contributed by atoms with Crippen LogP contribution in [0.15, 0.2) is 12.2 Å². The van der Waals surface area contributed by atoms with Gasteiger partial charge in [0.2, 0.25) is 5.91 Å². The summed E-state index contributed by atoms with van der Waals surface area (Å²) in [5, 5.41) is 11.5. The van der Waals surface area contributed by atoms with Crippen LogP contribution in [0.5, 0.6) is 0 Å². The van der Waals surface area contributed by atoms with Crippen LogP contribution in [0.2, 0.25) is 0 Å². The Morgan fingerprint density at radius 3 is 3.00 bits per heavy atom. The summed E-state index contributed by atoms with van der Waals surface area (Å²) in [7, 11) is 0. The molecule has 74 valence electrons.